The predicted molar refractivity (Wildman–Crippen MR) is 153 cm³/mol. The van der Waals surface area contributed by atoms with Gasteiger partial charge in [0.1, 0.15) is 24.1 Å². The van der Waals surface area contributed by atoms with Gasteiger partial charge in [-0.1, -0.05) is 72.3 Å². The number of rotatable bonds is 12. The fraction of sp³-hybridized carbons (Fsp3) is 0.167. The Kier molecular flexibility index (Phi) is 9.59. The van der Waals surface area contributed by atoms with Crippen LogP contribution in [0.4, 0.5) is 5.69 Å². The first-order valence-corrected chi connectivity index (χ1v) is 14.3. The Morgan fingerprint density at radius 3 is 2.10 bits per heavy atom. The first-order valence-electron chi connectivity index (χ1n) is 12.4. The van der Waals surface area contributed by atoms with Gasteiger partial charge in [-0.3, -0.25) is 4.79 Å². The summed E-state index contributed by atoms with van der Waals surface area (Å²) in [6.45, 7) is 2.62. The van der Waals surface area contributed by atoms with Gasteiger partial charge in [-0.25, -0.2) is 8.42 Å². The van der Waals surface area contributed by atoms with Gasteiger partial charge in [-0.2, -0.15) is 4.72 Å². The van der Waals surface area contributed by atoms with Crippen LogP contribution < -0.4 is 19.5 Å². The highest BCUT2D eigenvalue weighted by molar-refractivity contribution is 7.89. The van der Waals surface area contributed by atoms with Crippen molar-refractivity contribution in [2.75, 3.05) is 11.9 Å². The number of ether oxygens (including phenoxy) is 2. The quantitative estimate of drug-likeness (QED) is 0.225. The molecular formula is C30H29ClN2O5S. The van der Waals surface area contributed by atoms with Crippen molar-refractivity contribution >= 4 is 33.2 Å². The van der Waals surface area contributed by atoms with E-state index in [0.29, 0.717) is 30.4 Å². The standard InChI is InChI=1S/C30H29ClN2O5S/c1-2-37-29-18-17-26(20-27(29)31)39(35,36)33-28(19-22-9-5-3-6-10-22)30(34)32-24-13-15-25(16-14-24)38-21-23-11-7-4-8-12-23/h3-18,20,28,33H,2,19,21H2,1H3,(H,32,34)/t28-/m0/s1. The van der Waals surface area contributed by atoms with Gasteiger partial charge in [-0.05, 0) is 66.9 Å². The molecule has 0 radical (unpaired) electrons. The van der Waals surface area contributed by atoms with E-state index in [9.17, 15) is 13.2 Å². The molecule has 4 aromatic rings. The number of benzene rings is 4. The second-order valence-corrected chi connectivity index (χ2v) is 10.8. The number of nitrogens with one attached hydrogen (secondary N) is 2. The minimum atomic E-state index is -4.08. The van der Waals surface area contributed by atoms with Gasteiger partial charge in [0.25, 0.3) is 0 Å². The van der Waals surface area contributed by atoms with Crippen LogP contribution in [0.1, 0.15) is 18.1 Å². The van der Waals surface area contributed by atoms with Crippen molar-refractivity contribution < 1.29 is 22.7 Å². The average molecular weight is 565 g/mol. The maximum Gasteiger partial charge on any atom is 0.242 e. The first kappa shape index (κ1) is 28.2. The third kappa shape index (κ3) is 8.07. The Morgan fingerprint density at radius 2 is 1.49 bits per heavy atom. The number of anilines is 1. The zero-order valence-electron chi connectivity index (χ0n) is 21.3. The molecule has 7 nitrogen and oxygen atoms in total. The highest BCUT2D eigenvalue weighted by atomic mass is 35.5. The summed E-state index contributed by atoms with van der Waals surface area (Å²) in [5.74, 6) is 0.524. The molecule has 0 saturated carbocycles. The third-order valence-corrected chi connectivity index (χ3v) is 7.54. The van der Waals surface area contributed by atoms with Crippen molar-refractivity contribution in [2.45, 2.75) is 30.9 Å². The fourth-order valence-corrected chi connectivity index (χ4v) is 5.34. The predicted octanol–water partition coefficient (Wildman–Crippen LogP) is 5.85. The zero-order valence-corrected chi connectivity index (χ0v) is 22.9. The van der Waals surface area contributed by atoms with Crippen LogP contribution in [-0.2, 0) is 27.8 Å². The molecule has 0 aliphatic rings. The van der Waals surface area contributed by atoms with E-state index in [-0.39, 0.29) is 16.3 Å². The van der Waals surface area contributed by atoms with Gasteiger partial charge in [0, 0.05) is 5.69 Å². The second-order valence-electron chi connectivity index (χ2n) is 8.68. The maximum atomic E-state index is 13.3. The molecule has 0 heterocycles. The van der Waals surface area contributed by atoms with Crippen LogP contribution in [0.5, 0.6) is 11.5 Å². The summed E-state index contributed by atoms with van der Waals surface area (Å²) < 4.78 is 40.2. The summed E-state index contributed by atoms with van der Waals surface area (Å²) in [6.07, 6.45) is 0.148. The zero-order chi connectivity index (χ0) is 27.7. The van der Waals surface area contributed by atoms with Crippen molar-refractivity contribution in [2.24, 2.45) is 0 Å². The molecule has 202 valence electrons. The second kappa shape index (κ2) is 13.3. The fourth-order valence-electron chi connectivity index (χ4n) is 3.82. The Hall–Kier alpha value is -3.85. The largest absolute Gasteiger partial charge is 0.492 e. The molecule has 0 bridgehead atoms. The van der Waals surface area contributed by atoms with E-state index in [2.05, 4.69) is 10.0 Å². The highest BCUT2D eigenvalue weighted by Gasteiger charge is 2.27. The Morgan fingerprint density at radius 1 is 0.846 bits per heavy atom. The summed E-state index contributed by atoms with van der Waals surface area (Å²) in [5.41, 5.74) is 2.35. The first-order chi connectivity index (χ1) is 18.8. The van der Waals surface area contributed by atoms with Crippen LogP contribution in [0, 0.1) is 0 Å². The lowest BCUT2D eigenvalue weighted by atomic mass is 10.1. The van der Waals surface area contributed by atoms with Gasteiger partial charge in [-0.15, -0.1) is 0 Å². The van der Waals surface area contributed by atoms with E-state index in [1.807, 2.05) is 60.7 Å². The molecule has 39 heavy (non-hydrogen) atoms. The molecule has 0 aliphatic carbocycles. The van der Waals surface area contributed by atoms with Crippen molar-refractivity contribution in [3.8, 4) is 11.5 Å². The molecule has 0 unspecified atom stereocenters. The van der Waals surface area contributed by atoms with E-state index in [1.165, 1.54) is 18.2 Å². The number of hydrogen-bond donors (Lipinski definition) is 2. The van der Waals surface area contributed by atoms with Gasteiger partial charge in [0.15, 0.2) is 0 Å². The summed E-state index contributed by atoms with van der Waals surface area (Å²) in [5, 5.41) is 2.97. The molecule has 0 spiro atoms. The van der Waals surface area contributed by atoms with Crippen molar-refractivity contribution in [1.82, 2.24) is 4.72 Å². The lowest BCUT2D eigenvalue weighted by Crippen LogP contribution is -2.45. The van der Waals surface area contributed by atoms with E-state index in [4.69, 9.17) is 21.1 Å². The minimum absolute atomic E-state index is 0.0678. The Labute approximate surface area is 233 Å². The SMILES string of the molecule is CCOc1ccc(S(=O)(=O)N[C@@H](Cc2ccccc2)C(=O)Nc2ccc(OCc3ccccc3)cc2)cc1Cl. The number of sulfonamides is 1. The van der Waals surface area contributed by atoms with Gasteiger partial charge < -0.3 is 14.8 Å². The van der Waals surface area contributed by atoms with E-state index in [1.54, 1.807) is 31.2 Å². The number of halogens is 1. The number of carbonyl (C=O) groups excluding carboxylic acids is 1. The molecule has 0 fully saturated rings. The average Bonchev–Trinajstić information content (AvgIpc) is 2.94. The summed E-state index contributed by atoms with van der Waals surface area (Å²) in [4.78, 5) is 13.2. The van der Waals surface area contributed by atoms with Crippen molar-refractivity contribution in [3.05, 3.63) is 119 Å². The molecule has 1 amide bonds. The highest BCUT2D eigenvalue weighted by Crippen LogP contribution is 2.27. The van der Waals surface area contributed by atoms with Crippen molar-refractivity contribution in [1.29, 1.82) is 0 Å². The van der Waals surface area contributed by atoms with Gasteiger partial charge in [0.2, 0.25) is 15.9 Å². The molecule has 9 heteroatoms. The van der Waals surface area contributed by atoms with E-state index in [0.717, 1.165) is 11.1 Å². The van der Waals surface area contributed by atoms with Crippen LogP contribution in [0.3, 0.4) is 0 Å². The molecule has 4 rings (SSSR count). The normalized spacial score (nSPS) is 11.9. The topological polar surface area (TPSA) is 93.7 Å². The van der Waals surface area contributed by atoms with Crippen LogP contribution in [-0.4, -0.2) is 27.0 Å². The summed E-state index contributed by atoms with van der Waals surface area (Å²) in [6, 6.07) is 29.0. The maximum absolute atomic E-state index is 13.3. The Balaban J connectivity index is 1.48. The van der Waals surface area contributed by atoms with Crippen LogP contribution in [0.25, 0.3) is 0 Å². The molecule has 4 aromatic carbocycles. The lowest BCUT2D eigenvalue weighted by Gasteiger charge is -2.19. The van der Waals surface area contributed by atoms with Crippen LogP contribution in [0.2, 0.25) is 5.02 Å². The third-order valence-electron chi connectivity index (χ3n) is 5.78. The minimum Gasteiger partial charge on any atom is -0.492 e. The molecule has 0 saturated heterocycles. The van der Waals surface area contributed by atoms with Gasteiger partial charge >= 0.3 is 0 Å². The van der Waals surface area contributed by atoms with E-state index >= 15 is 0 Å². The molecule has 0 aromatic heterocycles. The van der Waals surface area contributed by atoms with Crippen LogP contribution >= 0.6 is 11.6 Å². The number of hydrogen-bond acceptors (Lipinski definition) is 5. The number of carbonyl (C=O) groups is 1. The summed E-state index contributed by atoms with van der Waals surface area (Å²) in [7, 11) is -4.08. The molecule has 0 aliphatic heterocycles. The monoisotopic (exact) mass is 564 g/mol. The van der Waals surface area contributed by atoms with Crippen LogP contribution in [0.15, 0.2) is 108 Å². The lowest BCUT2D eigenvalue weighted by molar-refractivity contribution is -0.117. The van der Waals surface area contributed by atoms with Gasteiger partial charge in [0.05, 0.1) is 16.5 Å². The molecular weight excluding hydrogens is 536 g/mol. The number of amides is 1. The van der Waals surface area contributed by atoms with Crippen molar-refractivity contribution in [3.63, 3.8) is 0 Å². The summed E-state index contributed by atoms with van der Waals surface area (Å²) >= 11 is 6.21. The molecule has 1 atom stereocenters. The Bertz CT molecular complexity index is 1480. The smallest absolute Gasteiger partial charge is 0.242 e. The molecule has 2 N–H and O–H groups in total. The van der Waals surface area contributed by atoms with E-state index < -0.39 is 22.0 Å².